The topological polar surface area (TPSA) is 141 Å². The maximum Gasteiger partial charge on any atom is 0.309 e. The van der Waals surface area contributed by atoms with E-state index in [0.29, 0.717) is 18.1 Å². The SMILES string of the molecule is COc1ccc2c3c1OC1C(=O)CCC4C(CCCC314)C2.C[NH3+].O=C([O-])CC(=O)O. The largest absolute Gasteiger partial charge is 0.550 e. The lowest BCUT2D eigenvalue weighted by molar-refractivity contribution is -0.325. The van der Waals surface area contributed by atoms with Crippen molar-refractivity contribution in [2.24, 2.45) is 11.8 Å². The zero-order valence-electron chi connectivity index (χ0n) is 17.4. The molecule has 2 saturated carbocycles. The van der Waals surface area contributed by atoms with Gasteiger partial charge in [-0.1, -0.05) is 12.5 Å². The molecule has 4 aliphatic rings. The van der Waals surface area contributed by atoms with Gasteiger partial charge in [0.2, 0.25) is 0 Å². The molecule has 0 saturated heterocycles. The van der Waals surface area contributed by atoms with Gasteiger partial charge in [-0.15, -0.1) is 0 Å². The predicted octanol–water partition coefficient (Wildman–Crippen LogP) is 0.0984. The van der Waals surface area contributed by atoms with Crippen molar-refractivity contribution in [1.82, 2.24) is 0 Å². The molecule has 8 heteroatoms. The van der Waals surface area contributed by atoms with Gasteiger partial charge in [0.05, 0.1) is 26.5 Å². The van der Waals surface area contributed by atoms with Crippen LogP contribution >= 0.6 is 0 Å². The Labute approximate surface area is 175 Å². The lowest BCUT2D eigenvalue weighted by atomic mass is 9.48. The van der Waals surface area contributed by atoms with E-state index in [0.717, 1.165) is 36.7 Å². The molecule has 164 valence electrons. The average Bonchev–Trinajstić information content (AvgIpc) is 3.05. The summed E-state index contributed by atoms with van der Waals surface area (Å²) in [7, 11) is 3.44. The van der Waals surface area contributed by atoms with Crippen molar-refractivity contribution >= 4 is 17.7 Å². The maximum atomic E-state index is 12.6. The number of aliphatic carboxylic acids is 2. The Hall–Kier alpha value is -2.61. The third-order valence-corrected chi connectivity index (χ3v) is 6.76. The van der Waals surface area contributed by atoms with Crippen LogP contribution in [0.2, 0.25) is 0 Å². The van der Waals surface area contributed by atoms with Gasteiger partial charge < -0.3 is 30.2 Å². The number of carbonyl (C=O) groups is 3. The van der Waals surface area contributed by atoms with E-state index in [4.69, 9.17) is 14.6 Å². The first-order valence-electron chi connectivity index (χ1n) is 10.4. The summed E-state index contributed by atoms with van der Waals surface area (Å²) >= 11 is 0. The standard InChI is InChI=1S/C18H20O3.C3H4O4.CH5N/c1-20-14-7-4-11-9-10-3-2-8-18-12(10)5-6-13(19)17(18)21-16(14)15(11)18;4-2(5)1-3(6)7;1-2/h4,7,10,12,17H,2-3,5-6,8-9H2,1H3;1H2,(H,4,5)(H,6,7);2H2,1H3. The Balaban J connectivity index is 0.000000246. The highest BCUT2D eigenvalue weighted by atomic mass is 16.5. The molecule has 1 spiro atoms. The van der Waals surface area contributed by atoms with Crippen LogP contribution in [0.15, 0.2) is 12.1 Å². The molecule has 30 heavy (non-hydrogen) atoms. The predicted molar refractivity (Wildman–Crippen MR) is 104 cm³/mol. The third kappa shape index (κ3) is 3.43. The minimum atomic E-state index is -1.56. The van der Waals surface area contributed by atoms with Crippen LogP contribution in [-0.2, 0) is 26.2 Å². The summed E-state index contributed by atoms with van der Waals surface area (Å²) in [6.07, 6.45) is 5.39. The lowest BCUT2D eigenvalue weighted by Crippen LogP contribution is -2.58. The number of ketones is 1. The van der Waals surface area contributed by atoms with Gasteiger partial charge in [-0.25, -0.2) is 0 Å². The molecule has 2 bridgehead atoms. The Morgan fingerprint density at radius 2 is 2.07 bits per heavy atom. The van der Waals surface area contributed by atoms with Crippen LogP contribution in [-0.4, -0.2) is 43.1 Å². The normalized spacial score (nSPS) is 29.2. The molecule has 3 aliphatic carbocycles. The minimum Gasteiger partial charge on any atom is -0.550 e. The van der Waals surface area contributed by atoms with E-state index in [1.807, 2.05) is 6.07 Å². The quantitative estimate of drug-likeness (QED) is 0.662. The summed E-state index contributed by atoms with van der Waals surface area (Å²) in [5, 5.41) is 17.0. The molecule has 1 heterocycles. The van der Waals surface area contributed by atoms with Crippen LogP contribution in [0.1, 0.15) is 49.7 Å². The van der Waals surface area contributed by atoms with Crippen LogP contribution in [0.5, 0.6) is 11.5 Å². The summed E-state index contributed by atoms with van der Waals surface area (Å²) in [6.45, 7) is 0. The number of carboxylic acids is 2. The van der Waals surface area contributed by atoms with Gasteiger partial charge in [0, 0.05) is 17.4 Å². The van der Waals surface area contributed by atoms with E-state index in [-0.39, 0.29) is 11.5 Å². The Morgan fingerprint density at radius 3 is 2.67 bits per heavy atom. The van der Waals surface area contributed by atoms with Gasteiger partial charge in [-0.2, -0.15) is 0 Å². The zero-order chi connectivity index (χ0) is 22.1. The second-order valence-electron chi connectivity index (χ2n) is 8.08. The second kappa shape index (κ2) is 8.63. The number of carboxylic acid groups (broad SMARTS) is 2. The first kappa shape index (κ1) is 22.1. The monoisotopic (exact) mass is 419 g/mol. The van der Waals surface area contributed by atoms with E-state index < -0.39 is 18.4 Å². The van der Waals surface area contributed by atoms with Crippen LogP contribution in [0, 0.1) is 11.8 Å². The van der Waals surface area contributed by atoms with Crippen LogP contribution in [0.25, 0.3) is 0 Å². The number of hydrogen-bond acceptors (Lipinski definition) is 6. The first-order chi connectivity index (χ1) is 14.4. The van der Waals surface area contributed by atoms with Crippen molar-refractivity contribution in [3.05, 3.63) is 23.3 Å². The van der Waals surface area contributed by atoms with Crippen molar-refractivity contribution in [2.75, 3.05) is 14.2 Å². The van der Waals surface area contributed by atoms with Crippen molar-refractivity contribution in [3.63, 3.8) is 0 Å². The molecule has 1 aromatic rings. The zero-order valence-corrected chi connectivity index (χ0v) is 17.4. The van der Waals surface area contributed by atoms with Gasteiger partial charge >= 0.3 is 5.97 Å². The van der Waals surface area contributed by atoms with E-state index >= 15 is 0 Å². The van der Waals surface area contributed by atoms with Crippen molar-refractivity contribution < 1.29 is 39.8 Å². The molecule has 5 rings (SSSR count). The molecule has 8 nitrogen and oxygen atoms in total. The molecule has 4 unspecified atom stereocenters. The van der Waals surface area contributed by atoms with Crippen LogP contribution in [0.3, 0.4) is 0 Å². The number of benzene rings is 1. The maximum absolute atomic E-state index is 12.6. The number of ether oxygens (including phenoxy) is 2. The fraction of sp³-hybridized carbons (Fsp3) is 0.591. The second-order valence-corrected chi connectivity index (χ2v) is 8.08. The number of rotatable bonds is 3. The van der Waals surface area contributed by atoms with Gasteiger partial charge in [0.25, 0.3) is 0 Å². The van der Waals surface area contributed by atoms with Gasteiger partial charge in [0.1, 0.15) is 0 Å². The first-order valence-corrected chi connectivity index (χ1v) is 10.4. The lowest BCUT2D eigenvalue weighted by Gasteiger charge is -2.54. The highest BCUT2D eigenvalue weighted by Gasteiger charge is 2.64. The van der Waals surface area contributed by atoms with Crippen molar-refractivity contribution in [3.8, 4) is 11.5 Å². The molecular weight excluding hydrogens is 390 g/mol. The molecule has 4 atom stereocenters. The summed E-state index contributed by atoms with van der Waals surface area (Å²) in [5.74, 6) is 0.416. The Bertz CT molecular complexity index is 840. The average molecular weight is 419 g/mol. The molecular formula is C22H29NO7. The fourth-order valence-electron chi connectivity index (χ4n) is 5.94. The van der Waals surface area contributed by atoms with E-state index in [1.165, 1.54) is 24.0 Å². The highest BCUT2D eigenvalue weighted by molar-refractivity contribution is 5.89. The summed E-state index contributed by atoms with van der Waals surface area (Å²) in [5.41, 5.74) is 5.96. The third-order valence-electron chi connectivity index (χ3n) is 6.76. The molecule has 2 fully saturated rings. The molecule has 4 N–H and O–H groups in total. The van der Waals surface area contributed by atoms with Crippen molar-refractivity contribution in [1.29, 1.82) is 0 Å². The Morgan fingerprint density at radius 1 is 1.33 bits per heavy atom. The summed E-state index contributed by atoms with van der Waals surface area (Å²) in [6, 6.07) is 4.22. The highest BCUT2D eigenvalue weighted by Crippen LogP contribution is 2.65. The van der Waals surface area contributed by atoms with Gasteiger partial charge in [-0.3, -0.25) is 9.59 Å². The molecule has 0 aromatic heterocycles. The number of carbonyl (C=O) groups excluding carboxylic acids is 2. The van der Waals surface area contributed by atoms with E-state index in [9.17, 15) is 19.5 Å². The minimum absolute atomic E-state index is 0.0320. The number of Topliss-reactive ketones (excluding diaryl/α,β-unsaturated/α-hetero) is 1. The Kier molecular flexibility index (Phi) is 6.36. The summed E-state index contributed by atoms with van der Waals surface area (Å²) in [4.78, 5) is 31.3. The molecule has 1 aromatic carbocycles. The van der Waals surface area contributed by atoms with E-state index in [2.05, 4.69) is 11.8 Å². The van der Waals surface area contributed by atoms with Crippen LogP contribution in [0.4, 0.5) is 0 Å². The van der Waals surface area contributed by atoms with Crippen molar-refractivity contribution in [2.45, 2.75) is 56.5 Å². The number of methoxy groups -OCH3 is 1. The number of hydrogen-bond donors (Lipinski definition) is 2. The molecule has 1 aliphatic heterocycles. The van der Waals surface area contributed by atoms with Gasteiger partial charge in [0.15, 0.2) is 23.4 Å². The van der Waals surface area contributed by atoms with E-state index in [1.54, 1.807) is 14.2 Å². The smallest absolute Gasteiger partial charge is 0.309 e. The number of quaternary nitrogens is 1. The van der Waals surface area contributed by atoms with Gasteiger partial charge in [-0.05, 0) is 49.1 Å². The fourth-order valence-corrected chi connectivity index (χ4v) is 5.94. The summed E-state index contributed by atoms with van der Waals surface area (Å²) < 4.78 is 11.7. The molecule has 0 radical (unpaired) electrons. The van der Waals surface area contributed by atoms with Crippen LogP contribution < -0.4 is 20.3 Å². The molecule has 0 amide bonds.